The Labute approximate surface area is 361 Å². The number of nitro benzene ring substituents is 1. The first-order chi connectivity index (χ1) is 29.7. The maximum Gasteiger partial charge on any atom is 0.293 e. The molecule has 1 amide bonds. The number of nitrogens with one attached hydrogen (secondary N) is 3. The van der Waals surface area contributed by atoms with Crippen molar-refractivity contribution in [3.05, 3.63) is 117 Å². The number of sulfonamides is 1. The molecular formula is C45H50ClN7O7S. The number of amides is 1. The first kappa shape index (κ1) is 40.9. The Kier molecular flexibility index (Phi) is 12.0. The molecule has 14 nitrogen and oxygen atoms in total. The molecule has 2 aliphatic heterocycles. The second-order valence-corrected chi connectivity index (χ2v) is 18.9. The molecule has 0 unspecified atom stereocenters. The number of fused-ring (bicyclic) bond motifs is 1. The molecule has 1 aliphatic carbocycles. The number of hydrogen-bond acceptors (Lipinski definition) is 11. The third-order valence-corrected chi connectivity index (χ3v) is 13.5. The quantitative estimate of drug-likeness (QED) is 0.0764. The molecular weight excluding hydrogens is 818 g/mol. The van der Waals surface area contributed by atoms with Crippen LogP contribution in [0, 0.1) is 21.4 Å². The molecule has 0 bridgehead atoms. The summed E-state index contributed by atoms with van der Waals surface area (Å²) in [6, 6.07) is 18.3. The van der Waals surface area contributed by atoms with Gasteiger partial charge in [-0.05, 0) is 103 Å². The lowest BCUT2D eigenvalue weighted by Gasteiger charge is -2.39. The lowest BCUT2D eigenvalue weighted by Crippen LogP contribution is -2.47. The van der Waals surface area contributed by atoms with Gasteiger partial charge in [0, 0.05) is 86.9 Å². The zero-order valence-corrected chi connectivity index (χ0v) is 35.8. The number of H-pyrrole nitrogens is 1. The van der Waals surface area contributed by atoms with Crippen LogP contribution in [0.2, 0.25) is 5.02 Å². The van der Waals surface area contributed by atoms with Crippen LogP contribution >= 0.6 is 11.6 Å². The number of carbonyl (C=O) groups is 1. The number of pyridine rings is 1. The van der Waals surface area contributed by atoms with Crippen LogP contribution in [-0.4, -0.2) is 86.6 Å². The standard InChI is InChI=1S/C45H50ClN7O7S/c1-45(2)15-11-33(39(26-45)31-3-5-34(46)6-4-31)29-51-17-19-52(20-18-51)35-7-9-38(42(24-35)60-36-23-32-12-16-47-43(32)49-28-36)44(54)50-61(57,58)37-8-10-40(41(25-37)53(55)56)48-27-30-13-21-59-22-14-30/h3-10,12,16,23-25,28,30,48H,11,13-15,17-22,26-27,29H2,1-2H3,(H,47,49)(H,50,54)/i23D. The van der Waals surface area contributed by atoms with E-state index in [9.17, 15) is 23.3 Å². The number of nitrogens with zero attached hydrogens (tertiary/aromatic N) is 4. The van der Waals surface area contributed by atoms with E-state index in [0.29, 0.717) is 43.9 Å². The smallest absolute Gasteiger partial charge is 0.293 e. The highest BCUT2D eigenvalue weighted by atomic mass is 35.5. The minimum absolute atomic E-state index is 0.0176. The number of aromatic amines is 1. The molecule has 2 saturated heterocycles. The van der Waals surface area contributed by atoms with E-state index in [0.717, 1.165) is 68.5 Å². The van der Waals surface area contributed by atoms with Gasteiger partial charge in [-0.2, -0.15) is 0 Å². The predicted octanol–water partition coefficient (Wildman–Crippen LogP) is 8.66. The topological polar surface area (TPSA) is 172 Å². The highest BCUT2D eigenvalue weighted by Gasteiger charge is 2.31. The fourth-order valence-corrected chi connectivity index (χ4v) is 9.44. The minimum atomic E-state index is -4.60. The molecule has 3 N–H and O–H groups in total. The fraction of sp³-hybridized carbons (Fsp3) is 0.378. The van der Waals surface area contributed by atoms with E-state index in [1.807, 2.05) is 12.1 Å². The predicted molar refractivity (Wildman–Crippen MR) is 237 cm³/mol. The van der Waals surface area contributed by atoms with Gasteiger partial charge in [0.1, 0.15) is 22.8 Å². The molecule has 61 heavy (non-hydrogen) atoms. The Bertz CT molecular complexity index is 2620. The van der Waals surface area contributed by atoms with Crippen LogP contribution in [0.1, 0.15) is 63.2 Å². The monoisotopic (exact) mass is 868 g/mol. The van der Waals surface area contributed by atoms with Gasteiger partial charge in [0.25, 0.3) is 21.6 Å². The SMILES string of the molecule is [2H]c1c(Oc2cc(N3CCN(CC4=C(c5ccc(Cl)cc5)CC(C)(C)CC4)CC3)ccc2C(=O)NS(=O)(=O)c2ccc(NCC3CCOCC3)c([N+](=O)[O-])c2)cnc2[nH]ccc12. The fourth-order valence-electron chi connectivity index (χ4n) is 8.32. The van der Waals surface area contributed by atoms with Crippen LogP contribution < -0.4 is 19.7 Å². The number of anilines is 2. The number of hydrogen-bond donors (Lipinski definition) is 3. The Morgan fingerprint density at radius 3 is 2.61 bits per heavy atom. The van der Waals surface area contributed by atoms with Crippen molar-refractivity contribution in [3.63, 3.8) is 0 Å². The highest BCUT2D eigenvalue weighted by molar-refractivity contribution is 7.90. The Hall–Kier alpha value is -5.48. The molecule has 0 saturated carbocycles. The van der Waals surface area contributed by atoms with Gasteiger partial charge in [0.15, 0.2) is 0 Å². The van der Waals surface area contributed by atoms with Crippen molar-refractivity contribution in [2.45, 2.75) is 50.8 Å². The van der Waals surface area contributed by atoms with Crippen molar-refractivity contribution in [3.8, 4) is 11.5 Å². The number of aromatic nitrogens is 2. The number of benzene rings is 3. The van der Waals surface area contributed by atoms with Crippen molar-refractivity contribution in [1.82, 2.24) is 19.6 Å². The van der Waals surface area contributed by atoms with E-state index in [1.165, 1.54) is 41.1 Å². The molecule has 320 valence electrons. The van der Waals surface area contributed by atoms with Crippen LogP contribution in [0.5, 0.6) is 11.5 Å². The summed E-state index contributed by atoms with van der Waals surface area (Å²) in [6.45, 7) is 10.2. The number of piperazine rings is 1. The van der Waals surface area contributed by atoms with Gasteiger partial charge < -0.3 is 24.7 Å². The Balaban J connectivity index is 1.02. The summed E-state index contributed by atoms with van der Waals surface area (Å²) < 4.78 is 49.9. The first-order valence-corrected chi connectivity index (χ1v) is 22.4. The van der Waals surface area contributed by atoms with Gasteiger partial charge in [0.2, 0.25) is 0 Å². The first-order valence-electron chi connectivity index (χ1n) is 21.1. The molecule has 3 aliphatic rings. The number of nitro groups is 1. The molecule has 4 heterocycles. The van der Waals surface area contributed by atoms with E-state index in [2.05, 4.69) is 55.8 Å². The summed E-state index contributed by atoms with van der Waals surface area (Å²) >= 11 is 6.24. The number of allylic oxidation sites excluding steroid dienone is 1. The average molecular weight is 869 g/mol. The normalized spacial score (nSPS) is 17.9. The summed E-state index contributed by atoms with van der Waals surface area (Å²) in [7, 11) is -4.60. The van der Waals surface area contributed by atoms with Crippen LogP contribution in [0.25, 0.3) is 16.6 Å². The zero-order chi connectivity index (χ0) is 43.6. The third kappa shape index (κ3) is 10.0. The van der Waals surface area contributed by atoms with Crippen molar-refractivity contribution in [1.29, 1.82) is 0 Å². The maximum absolute atomic E-state index is 13.9. The lowest BCUT2D eigenvalue weighted by molar-refractivity contribution is -0.384. The summed E-state index contributed by atoms with van der Waals surface area (Å²) in [5.74, 6) is -0.666. The van der Waals surface area contributed by atoms with Crippen molar-refractivity contribution < 1.29 is 29.0 Å². The highest BCUT2D eigenvalue weighted by Crippen LogP contribution is 2.43. The van der Waals surface area contributed by atoms with E-state index < -0.39 is 31.4 Å². The zero-order valence-electron chi connectivity index (χ0n) is 35.2. The minimum Gasteiger partial charge on any atom is -0.455 e. The second kappa shape index (κ2) is 17.9. The summed E-state index contributed by atoms with van der Waals surface area (Å²) in [4.78, 5) is 36.9. The molecule has 5 aromatic rings. The van der Waals surface area contributed by atoms with Crippen LogP contribution in [-0.2, 0) is 14.8 Å². The molecule has 2 fully saturated rings. The van der Waals surface area contributed by atoms with Crippen molar-refractivity contribution in [2.75, 3.05) is 62.7 Å². The Morgan fingerprint density at radius 2 is 1.85 bits per heavy atom. The van der Waals surface area contributed by atoms with Crippen molar-refractivity contribution >= 4 is 61.2 Å². The van der Waals surface area contributed by atoms with Gasteiger partial charge in [-0.25, -0.2) is 18.1 Å². The molecule has 3 aromatic carbocycles. The van der Waals surface area contributed by atoms with Gasteiger partial charge >= 0.3 is 0 Å². The largest absolute Gasteiger partial charge is 0.455 e. The second-order valence-electron chi connectivity index (χ2n) is 16.8. The molecule has 2 aromatic heterocycles. The van der Waals surface area contributed by atoms with Gasteiger partial charge in [-0.1, -0.05) is 43.2 Å². The van der Waals surface area contributed by atoms with Gasteiger partial charge in [-0.3, -0.25) is 19.8 Å². The van der Waals surface area contributed by atoms with E-state index in [4.69, 9.17) is 22.4 Å². The van der Waals surface area contributed by atoms with Gasteiger partial charge in [0.05, 0.1) is 22.9 Å². The molecule has 8 rings (SSSR count). The van der Waals surface area contributed by atoms with Crippen molar-refractivity contribution in [2.24, 2.45) is 11.3 Å². The molecule has 16 heteroatoms. The number of rotatable bonds is 13. The summed E-state index contributed by atoms with van der Waals surface area (Å²) in [5, 5.41) is 16.4. The number of carbonyl (C=O) groups excluding carboxylic acids is 1. The third-order valence-electron chi connectivity index (χ3n) is 11.9. The number of halogens is 1. The lowest BCUT2D eigenvalue weighted by atomic mass is 9.72. The molecule has 0 atom stereocenters. The molecule has 0 radical (unpaired) electrons. The maximum atomic E-state index is 13.9. The van der Waals surface area contributed by atoms with E-state index in [1.54, 1.807) is 24.4 Å². The average Bonchev–Trinajstić information content (AvgIpc) is 3.75. The van der Waals surface area contributed by atoms with Crippen LogP contribution in [0.3, 0.4) is 0 Å². The summed E-state index contributed by atoms with van der Waals surface area (Å²) in [5.41, 5.74) is 5.15. The Morgan fingerprint density at radius 1 is 1.08 bits per heavy atom. The van der Waals surface area contributed by atoms with Gasteiger partial charge in [-0.15, -0.1) is 0 Å². The summed E-state index contributed by atoms with van der Waals surface area (Å²) in [6.07, 6.45) is 7.82. The van der Waals surface area contributed by atoms with Crippen LogP contribution in [0.15, 0.2) is 95.6 Å². The van der Waals surface area contributed by atoms with Crippen LogP contribution in [0.4, 0.5) is 17.1 Å². The number of ether oxygens (including phenoxy) is 2. The van der Waals surface area contributed by atoms with E-state index >= 15 is 0 Å². The van der Waals surface area contributed by atoms with E-state index in [-0.39, 0.29) is 40.1 Å². The molecule has 0 spiro atoms.